The molecular weight excluding hydrogens is 184 g/mol. The molecular formula is C13H20N2. The van der Waals surface area contributed by atoms with Crippen molar-refractivity contribution in [2.24, 2.45) is 5.92 Å². The fraction of sp³-hybridized carbons (Fsp3) is 0.538. The number of rotatable bonds is 2. The van der Waals surface area contributed by atoms with Crippen LogP contribution in [0.25, 0.3) is 0 Å². The summed E-state index contributed by atoms with van der Waals surface area (Å²) in [5.74, 6) is 0.824. The summed E-state index contributed by atoms with van der Waals surface area (Å²) >= 11 is 0. The van der Waals surface area contributed by atoms with E-state index in [9.17, 15) is 0 Å². The van der Waals surface area contributed by atoms with Gasteiger partial charge in [0.25, 0.3) is 0 Å². The van der Waals surface area contributed by atoms with Crippen LogP contribution >= 0.6 is 0 Å². The van der Waals surface area contributed by atoms with E-state index in [2.05, 4.69) is 30.9 Å². The first-order chi connectivity index (χ1) is 7.16. The predicted octanol–water partition coefficient (Wildman–Crippen LogP) is 2.50. The number of benzene rings is 1. The van der Waals surface area contributed by atoms with Crippen LogP contribution in [-0.2, 0) is 6.54 Å². The van der Waals surface area contributed by atoms with Crippen molar-refractivity contribution in [1.82, 2.24) is 4.90 Å². The third-order valence-electron chi connectivity index (χ3n) is 3.34. The first kappa shape index (κ1) is 10.5. The standard InChI is InChI=1S/C13H20N2/c1-10-7-11(2)15(8-10)9-12-5-3-4-6-13(12)14/h3-6,10-11H,7-9,14H2,1-2H3. The van der Waals surface area contributed by atoms with Gasteiger partial charge in [-0.3, -0.25) is 4.90 Å². The van der Waals surface area contributed by atoms with Gasteiger partial charge in [0.1, 0.15) is 0 Å². The molecule has 2 rings (SSSR count). The van der Waals surface area contributed by atoms with E-state index < -0.39 is 0 Å². The van der Waals surface area contributed by atoms with E-state index in [0.717, 1.165) is 18.2 Å². The van der Waals surface area contributed by atoms with Gasteiger partial charge in [-0.25, -0.2) is 0 Å². The first-order valence-corrected chi connectivity index (χ1v) is 5.74. The van der Waals surface area contributed by atoms with Gasteiger partial charge in [0.15, 0.2) is 0 Å². The van der Waals surface area contributed by atoms with Gasteiger partial charge in [0, 0.05) is 24.8 Å². The lowest BCUT2D eigenvalue weighted by Crippen LogP contribution is -2.26. The summed E-state index contributed by atoms with van der Waals surface area (Å²) in [6, 6.07) is 8.87. The van der Waals surface area contributed by atoms with Gasteiger partial charge in [-0.2, -0.15) is 0 Å². The molecule has 0 aliphatic carbocycles. The van der Waals surface area contributed by atoms with Gasteiger partial charge in [0.05, 0.1) is 0 Å². The Hall–Kier alpha value is -1.02. The van der Waals surface area contributed by atoms with Gasteiger partial charge >= 0.3 is 0 Å². The molecule has 1 aromatic carbocycles. The highest BCUT2D eigenvalue weighted by molar-refractivity contribution is 5.46. The second-order valence-electron chi connectivity index (χ2n) is 4.82. The number of anilines is 1. The van der Waals surface area contributed by atoms with E-state index in [1.807, 2.05) is 12.1 Å². The second-order valence-corrected chi connectivity index (χ2v) is 4.82. The summed E-state index contributed by atoms with van der Waals surface area (Å²) in [6.45, 7) is 6.83. The van der Waals surface area contributed by atoms with Gasteiger partial charge in [0.2, 0.25) is 0 Å². The fourth-order valence-electron chi connectivity index (χ4n) is 2.50. The topological polar surface area (TPSA) is 29.3 Å². The van der Waals surface area contributed by atoms with Crippen molar-refractivity contribution in [2.75, 3.05) is 12.3 Å². The fourth-order valence-corrected chi connectivity index (χ4v) is 2.50. The molecule has 82 valence electrons. The summed E-state index contributed by atoms with van der Waals surface area (Å²) in [4.78, 5) is 2.52. The summed E-state index contributed by atoms with van der Waals surface area (Å²) in [5, 5.41) is 0. The van der Waals surface area contributed by atoms with Crippen LogP contribution < -0.4 is 5.73 Å². The molecule has 0 saturated carbocycles. The third kappa shape index (κ3) is 2.32. The van der Waals surface area contributed by atoms with Crippen LogP contribution in [0.4, 0.5) is 5.69 Å². The second kappa shape index (κ2) is 4.23. The normalized spacial score (nSPS) is 27.1. The Balaban J connectivity index is 2.06. The number of nitrogens with zero attached hydrogens (tertiary/aromatic N) is 1. The SMILES string of the molecule is CC1CC(C)N(Cc2ccccc2N)C1. The number of para-hydroxylation sites is 1. The molecule has 0 spiro atoms. The van der Waals surface area contributed by atoms with Crippen molar-refractivity contribution in [1.29, 1.82) is 0 Å². The van der Waals surface area contributed by atoms with E-state index in [4.69, 9.17) is 5.73 Å². The monoisotopic (exact) mass is 204 g/mol. The average Bonchev–Trinajstić information content (AvgIpc) is 2.49. The molecule has 2 atom stereocenters. The maximum Gasteiger partial charge on any atom is 0.0359 e. The van der Waals surface area contributed by atoms with E-state index >= 15 is 0 Å². The van der Waals surface area contributed by atoms with Crippen molar-refractivity contribution in [3.05, 3.63) is 29.8 Å². The molecule has 1 fully saturated rings. The molecule has 0 aromatic heterocycles. The Kier molecular flexibility index (Phi) is 2.96. The zero-order valence-corrected chi connectivity index (χ0v) is 9.61. The largest absolute Gasteiger partial charge is 0.398 e. The molecule has 2 unspecified atom stereocenters. The molecule has 1 aliphatic rings. The maximum atomic E-state index is 5.95. The predicted molar refractivity (Wildman–Crippen MR) is 64.5 cm³/mol. The molecule has 0 radical (unpaired) electrons. The van der Waals surface area contributed by atoms with Crippen molar-refractivity contribution in [3.63, 3.8) is 0 Å². The minimum absolute atomic E-state index is 0.694. The highest BCUT2D eigenvalue weighted by atomic mass is 15.2. The number of likely N-dealkylation sites (tertiary alicyclic amines) is 1. The van der Waals surface area contributed by atoms with Crippen LogP contribution in [0, 0.1) is 5.92 Å². The minimum atomic E-state index is 0.694. The highest BCUT2D eigenvalue weighted by Gasteiger charge is 2.25. The van der Waals surface area contributed by atoms with Gasteiger partial charge in [-0.15, -0.1) is 0 Å². The Morgan fingerprint density at radius 3 is 2.67 bits per heavy atom. The zero-order chi connectivity index (χ0) is 10.8. The molecule has 2 N–H and O–H groups in total. The van der Waals surface area contributed by atoms with Crippen molar-refractivity contribution >= 4 is 5.69 Å². The lowest BCUT2D eigenvalue weighted by atomic mass is 10.1. The molecule has 15 heavy (non-hydrogen) atoms. The Morgan fingerprint density at radius 1 is 1.33 bits per heavy atom. The first-order valence-electron chi connectivity index (χ1n) is 5.74. The van der Waals surface area contributed by atoms with Crippen LogP contribution in [-0.4, -0.2) is 17.5 Å². The molecule has 0 amide bonds. The molecule has 0 bridgehead atoms. The van der Waals surface area contributed by atoms with E-state index in [1.165, 1.54) is 18.5 Å². The number of nitrogens with two attached hydrogens (primary N) is 1. The van der Waals surface area contributed by atoms with Crippen molar-refractivity contribution in [2.45, 2.75) is 32.9 Å². The molecule has 1 aromatic rings. The lowest BCUT2D eigenvalue weighted by molar-refractivity contribution is 0.257. The lowest BCUT2D eigenvalue weighted by Gasteiger charge is -2.21. The smallest absolute Gasteiger partial charge is 0.0359 e. The number of hydrogen-bond acceptors (Lipinski definition) is 2. The van der Waals surface area contributed by atoms with Crippen molar-refractivity contribution in [3.8, 4) is 0 Å². The Morgan fingerprint density at radius 2 is 2.07 bits per heavy atom. The average molecular weight is 204 g/mol. The molecule has 1 heterocycles. The van der Waals surface area contributed by atoms with E-state index in [0.29, 0.717) is 6.04 Å². The minimum Gasteiger partial charge on any atom is -0.398 e. The summed E-state index contributed by atoms with van der Waals surface area (Å²) in [7, 11) is 0. The summed E-state index contributed by atoms with van der Waals surface area (Å²) < 4.78 is 0. The quantitative estimate of drug-likeness (QED) is 0.750. The van der Waals surface area contributed by atoms with Crippen LogP contribution in [0.15, 0.2) is 24.3 Å². The summed E-state index contributed by atoms with van der Waals surface area (Å²) in [5.41, 5.74) is 8.14. The van der Waals surface area contributed by atoms with Gasteiger partial charge < -0.3 is 5.73 Å². The molecule has 1 saturated heterocycles. The summed E-state index contributed by atoms with van der Waals surface area (Å²) in [6.07, 6.45) is 1.31. The molecule has 2 nitrogen and oxygen atoms in total. The van der Waals surface area contributed by atoms with E-state index in [-0.39, 0.29) is 0 Å². The van der Waals surface area contributed by atoms with Crippen LogP contribution in [0.5, 0.6) is 0 Å². The Labute approximate surface area is 92.1 Å². The van der Waals surface area contributed by atoms with Gasteiger partial charge in [-0.05, 0) is 30.9 Å². The van der Waals surface area contributed by atoms with Crippen molar-refractivity contribution < 1.29 is 0 Å². The molecule has 1 aliphatic heterocycles. The number of nitrogen functional groups attached to an aromatic ring is 1. The van der Waals surface area contributed by atoms with Crippen LogP contribution in [0.1, 0.15) is 25.8 Å². The zero-order valence-electron chi connectivity index (χ0n) is 9.61. The van der Waals surface area contributed by atoms with Crippen LogP contribution in [0.3, 0.4) is 0 Å². The van der Waals surface area contributed by atoms with Crippen LogP contribution in [0.2, 0.25) is 0 Å². The van der Waals surface area contributed by atoms with E-state index in [1.54, 1.807) is 0 Å². The maximum absolute atomic E-state index is 5.95. The Bertz CT molecular complexity index is 335. The highest BCUT2D eigenvalue weighted by Crippen LogP contribution is 2.25. The molecule has 2 heteroatoms. The number of hydrogen-bond donors (Lipinski definition) is 1. The third-order valence-corrected chi connectivity index (χ3v) is 3.34. The van der Waals surface area contributed by atoms with Gasteiger partial charge in [-0.1, -0.05) is 25.1 Å².